The average molecular weight is 417 g/mol. The largest absolute Gasteiger partial charge is 0.416 e. The summed E-state index contributed by atoms with van der Waals surface area (Å²) in [7, 11) is 0. The van der Waals surface area contributed by atoms with Gasteiger partial charge in [0, 0.05) is 12.2 Å². The minimum absolute atomic E-state index is 0.0239. The Bertz CT molecular complexity index is 1010. The van der Waals surface area contributed by atoms with Crippen LogP contribution in [0.2, 0.25) is 0 Å². The molecule has 2 aromatic carbocycles. The van der Waals surface area contributed by atoms with Crippen LogP contribution in [0.5, 0.6) is 0 Å². The summed E-state index contributed by atoms with van der Waals surface area (Å²) in [6.45, 7) is 3.31. The van der Waals surface area contributed by atoms with Crippen LogP contribution >= 0.6 is 0 Å². The Morgan fingerprint density at radius 1 is 1.10 bits per heavy atom. The van der Waals surface area contributed by atoms with E-state index in [4.69, 9.17) is 4.74 Å². The molecule has 1 aromatic heterocycles. The van der Waals surface area contributed by atoms with E-state index in [-0.39, 0.29) is 25.3 Å². The van der Waals surface area contributed by atoms with E-state index in [9.17, 15) is 18.0 Å². The quantitative estimate of drug-likeness (QED) is 0.622. The first-order valence-corrected chi connectivity index (χ1v) is 9.36. The van der Waals surface area contributed by atoms with Crippen LogP contribution in [0.4, 0.5) is 13.2 Å². The number of rotatable bonds is 7. The molecule has 0 spiro atoms. The van der Waals surface area contributed by atoms with Gasteiger partial charge in [-0.3, -0.25) is 4.79 Å². The summed E-state index contributed by atoms with van der Waals surface area (Å²) >= 11 is 0. The van der Waals surface area contributed by atoms with Crippen molar-refractivity contribution >= 4 is 5.91 Å². The van der Waals surface area contributed by atoms with E-state index in [1.54, 1.807) is 26.0 Å². The second-order valence-corrected chi connectivity index (χ2v) is 6.93. The molecule has 0 saturated heterocycles. The molecule has 0 atom stereocenters. The lowest BCUT2D eigenvalue weighted by atomic mass is 10.1. The maximum atomic E-state index is 13.6. The average Bonchev–Trinajstić information content (AvgIpc) is 3.04. The van der Waals surface area contributed by atoms with E-state index in [0.29, 0.717) is 11.4 Å². The number of ether oxygens (including phenoxy) is 1. The van der Waals surface area contributed by atoms with E-state index < -0.39 is 17.6 Å². The second-order valence-electron chi connectivity index (χ2n) is 6.93. The Balaban J connectivity index is 1.66. The van der Waals surface area contributed by atoms with Gasteiger partial charge in [0.1, 0.15) is 6.61 Å². The molecule has 0 aliphatic carbocycles. The molecule has 0 fully saturated rings. The Morgan fingerprint density at radius 3 is 2.47 bits per heavy atom. The van der Waals surface area contributed by atoms with Gasteiger partial charge in [0.2, 0.25) is 5.91 Å². The minimum Gasteiger partial charge on any atom is -0.367 e. The highest BCUT2D eigenvalue weighted by Crippen LogP contribution is 2.33. The molecular formula is C22H22F3N3O2. The monoisotopic (exact) mass is 417 g/mol. The van der Waals surface area contributed by atoms with E-state index in [1.807, 2.05) is 30.3 Å². The number of hydrogen-bond donors (Lipinski definition) is 1. The molecule has 0 bridgehead atoms. The van der Waals surface area contributed by atoms with Crippen LogP contribution < -0.4 is 5.32 Å². The van der Waals surface area contributed by atoms with Crippen molar-refractivity contribution in [3.63, 3.8) is 0 Å². The van der Waals surface area contributed by atoms with Crippen molar-refractivity contribution in [1.29, 1.82) is 0 Å². The molecule has 1 amide bonds. The molecule has 1 heterocycles. The fourth-order valence-corrected chi connectivity index (χ4v) is 3.09. The van der Waals surface area contributed by atoms with Crippen molar-refractivity contribution < 1.29 is 22.7 Å². The molecule has 158 valence electrons. The Labute approximate surface area is 172 Å². The third-order valence-corrected chi connectivity index (χ3v) is 4.47. The predicted molar refractivity (Wildman–Crippen MR) is 106 cm³/mol. The molecule has 0 aliphatic rings. The standard InChI is InChI=1S/C22H22F3N3O2/c1-15-10-16(2)28(27-15)19-9-8-18(20(11-19)22(23,24)25)12-26-21(29)14-30-13-17-6-4-3-5-7-17/h3-11H,12-14H2,1-2H3,(H,26,29). The smallest absolute Gasteiger partial charge is 0.367 e. The van der Waals surface area contributed by atoms with E-state index in [2.05, 4.69) is 10.4 Å². The molecule has 0 radical (unpaired) electrons. The van der Waals surface area contributed by atoms with Gasteiger partial charge in [-0.25, -0.2) is 4.68 Å². The molecule has 3 rings (SSSR count). The molecule has 0 aliphatic heterocycles. The van der Waals surface area contributed by atoms with E-state index in [0.717, 1.165) is 17.3 Å². The SMILES string of the molecule is Cc1cc(C)n(-c2ccc(CNC(=O)COCc3ccccc3)c(C(F)(F)F)c2)n1. The van der Waals surface area contributed by atoms with Gasteiger partial charge in [-0.15, -0.1) is 0 Å². The third kappa shape index (κ3) is 5.48. The van der Waals surface area contributed by atoms with Gasteiger partial charge in [-0.1, -0.05) is 36.4 Å². The molecule has 3 aromatic rings. The summed E-state index contributed by atoms with van der Waals surface area (Å²) in [4.78, 5) is 12.0. The zero-order valence-corrected chi connectivity index (χ0v) is 16.7. The first-order chi connectivity index (χ1) is 14.2. The van der Waals surface area contributed by atoms with Gasteiger partial charge >= 0.3 is 6.18 Å². The minimum atomic E-state index is -4.56. The van der Waals surface area contributed by atoms with Crippen molar-refractivity contribution in [2.45, 2.75) is 33.2 Å². The highest BCUT2D eigenvalue weighted by atomic mass is 19.4. The number of aromatic nitrogens is 2. The molecule has 8 heteroatoms. The Morgan fingerprint density at radius 2 is 1.83 bits per heavy atom. The Kier molecular flexibility index (Phi) is 6.56. The molecule has 5 nitrogen and oxygen atoms in total. The third-order valence-electron chi connectivity index (χ3n) is 4.47. The Hall–Kier alpha value is -3.13. The van der Waals surface area contributed by atoms with E-state index in [1.165, 1.54) is 10.7 Å². The van der Waals surface area contributed by atoms with Crippen LogP contribution in [0.1, 0.15) is 28.1 Å². The van der Waals surface area contributed by atoms with Crippen LogP contribution in [0.25, 0.3) is 5.69 Å². The normalized spacial score (nSPS) is 11.5. The summed E-state index contributed by atoms with van der Waals surface area (Å²) < 4.78 is 47.6. The molecular weight excluding hydrogens is 395 g/mol. The molecule has 0 saturated carbocycles. The van der Waals surface area contributed by atoms with Crippen LogP contribution in [0.15, 0.2) is 54.6 Å². The number of nitrogens with one attached hydrogen (secondary N) is 1. The summed E-state index contributed by atoms with van der Waals surface area (Å²) in [5.41, 5.74) is 1.84. The lowest BCUT2D eigenvalue weighted by molar-refractivity contribution is -0.138. The summed E-state index contributed by atoms with van der Waals surface area (Å²) in [5, 5.41) is 6.72. The predicted octanol–water partition coefficient (Wildman–Crippen LogP) is 4.34. The van der Waals surface area contributed by atoms with E-state index >= 15 is 0 Å². The summed E-state index contributed by atoms with van der Waals surface area (Å²) in [5.74, 6) is -0.485. The van der Waals surface area contributed by atoms with Gasteiger partial charge < -0.3 is 10.1 Å². The number of aryl methyl sites for hydroxylation is 2. The van der Waals surface area contributed by atoms with Crippen molar-refractivity contribution in [3.8, 4) is 5.69 Å². The maximum Gasteiger partial charge on any atom is 0.416 e. The lowest BCUT2D eigenvalue weighted by Gasteiger charge is -2.16. The highest BCUT2D eigenvalue weighted by Gasteiger charge is 2.34. The van der Waals surface area contributed by atoms with Crippen LogP contribution in [0, 0.1) is 13.8 Å². The number of nitrogens with zero attached hydrogens (tertiary/aromatic N) is 2. The molecule has 0 unspecified atom stereocenters. The van der Waals surface area contributed by atoms with Gasteiger partial charge in [0.25, 0.3) is 0 Å². The van der Waals surface area contributed by atoms with Crippen molar-refractivity contribution in [1.82, 2.24) is 15.1 Å². The summed E-state index contributed by atoms with van der Waals surface area (Å²) in [6.07, 6.45) is -4.56. The van der Waals surface area contributed by atoms with Crippen molar-refractivity contribution in [2.75, 3.05) is 6.61 Å². The summed E-state index contributed by atoms with van der Waals surface area (Å²) in [6, 6.07) is 15.1. The lowest BCUT2D eigenvalue weighted by Crippen LogP contribution is -2.28. The number of halogens is 3. The topological polar surface area (TPSA) is 56.2 Å². The zero-order chi connectivity index (χ0) is 21.7. The fraction of sp³-hybridized carbons (Fsp3) is 0.273. The number of benzene rings is 2. The maximum absolute atomic E-state index is 13.6. The van der Waals surface area contributed by atoms with Crippen molar-refractivity contribution in [3.05, 3.63) is 82.7 Å². The van der Waals surface area contributed by atoms with Gasteiger partial charge in [-0.05, 0) is 43.2 Å². The number of hydrogen-bond acceptors (Lipinski definition) is 3. The van der Waals surface area contributed by atoms with Gasteiger partial charge in [0.05, 0.1) is 23.6 Å². The molecule has 30 heavy (non-hydrogen) atoms. The molecule has 1 N–H and O–H groups in total. The number of carbonyl (C=O) groups excluding carboxylic acids is 1. The fourth-order valence-electron chi connectivity index (χ4n) is 3.09. The van der Waals surface area contributed by atoms with Crippen LogP contribution in [-0.2, 0) is 28.9 Å². The number of amides is 1. The number of carbonyl (C=O) groups is 1. The van der Waals surface area contributed by atoms with Gasteiger partial charge in [0.15, 0.2) is 0 Å². The van der Waals surface area contributed by atoms with Gasteiger partial charge in [-0.2, -0.15) is 18.3 Å². The first-order valence-electron chi connectivity index (χ1n) is 9.36. The van der Waals surface area contributed by atoms with Crippen molar-refractivity contribution in [2.24, 2.45) is 0 Å². The van der Waals surface area contributed by atoms with Crippen LogP contribution in [0.3, 0.4) is 0 Å². The zero-order valence-electron chi connectivity index (χ0n) is 16.7. The second kappa shape index (κ2) is 9.13. The number of alkyl halides is 3. The van der Waals surface area contributed by atoms with Crippen LogP contribution in [-0.4, -0.2) is 22.3 Å². The highest BCUT2D eigenvalue weighted by molar-refractivity contribution is 5.77. The first kappa shape index (κ1) is 21.6.